The van der Waals surface area contributed by atoms with E-state index in [1.807, 2.05) is 0 Å². The Morgan fingerprint density at radius 1 is 1.00 bits per heavy atom. The molecule has 5 nitrogen and oxygen atoms in total. The Morgan fingerprint density at radius 2 is 1.88 bits per heavy atom. The number of aliphatic hydroxyl groups is 1. The summed E-state index contributed by atoms with van der Waals surface area (Å²) >= 11 is 0. The van der Waals surface area contributed by atoms with Gasteiger partial charge in [-0.15, -0.1) is 0 Å². The molecule has 0 spiro atoms. The molecule has 33 heavy (non-hydrogen) atoms. The Hall–Kier alpha value is -0.910. The minimum Gasteiger partial charge on any atom is -0.458 e. The molecule has 0 bridgehead atoms. The first-order chi connectivity index (χ1) is 15.8. The highest BCUT2D eigenvalue weighted by atomic mass is 16.7. The van der Waals surface area contributed by atoms with Gasteiger partial charge in [0.05, 0.1) is 11.7 Å². The van der Waals surface area contributed by atoms with E-state index in [1.54, 1.807) is 6.08 Å². The van der Waals surface area contributed by atoms with Crippen LogP contribution in [0.15, 0.2) is 11.6 Å². The van der Waals surface area contributed by atoms with E-state index < -0.39 is 5.60 Å². The lowest BCUT2D eigenvalue weighted by Crippen LogP contribution is -2.62. The van der Waals surface area contributed by atoms with Crippen LogP contribution in [0.2, 0.25) is 0 Å². The molecule has 0 amide bonds. The molecule has 5 fully saturated rings. The van der Waals surface area contributed by atoms with Gasteiger partial charge in [-0.2, -0.15) is 0 Å². The summed E-state index contributed by atoms with van der Waals surface area (Å²) in [6.45, 7) is 6.12. The van der Waals surface area contributed by atoms with Crippen molar-refractivity contribution in [1.29, 1.82) is 0 Å². The molecule has 1 unspecified atom stereocenters. The highest BCUT2D eigenvalue weighted by Crippen LogP contribution is 2.70. The van der Waals surface area contributed by atoms with Crippen molar-refractivity contribution in [2.45, 2.75) is 109 Å². The van der Waals surface area contributed by atoms with Crippen molar-refractivity contribution in [3.8, 4) is 0 Å². The summed E-state index contributed by atoms with van der Waals surface area (Å²) < 4.78 is 17.6. The smallest absolute Gasteiger partial charge is 0.331 e. The summed E-state index contributed by atoms with van der Waals surface area (Å²) in [6.07, 6.45) is 15.4. The third kappa shape index (κ3) is 3.39. The fourth-order valence-electron chi connectivity index (χ4n) is 9.53. The molecular formula is C28H42O5. The van der Waals surface area contributed by atoms with Crippen molar-refractivity contribution in [2.24, 2.45) is 34.5 Å². The van der Waals surface area contributed by atoms with Gasteiger partial charge in [0.25, 0.3) is 0 Å². The normalized spacial score (nSPS) is 51.8. The van der Waals surface area contributed by atoms with Crippen molar-refractivity contribution < 1.29 is 24.1 Å². The van der Waals surface area contributed by atoms with Crippen LogP contribution in [-0.4, -0.2) is 42.3 Å². The number of esters is 1. The van der Waals surface area contributed by atoms with Crippen molar-refractivity contribution in [3.05, 3.63) is 11.6 Å². The molecule has 2 aliphatic heterocycles. The maximum atomic E-state index is 12.3. The summed E-state index contributed by atoms with van der Waals surface area (Å²) in [7, 11) is 0. The minimum atomic E-state index is -0.621. The first-order valence-corrected chi connectivity index (χ1v) is 13.7. The van der Waals surface area contributed by atoms with Gasteiger partial charge in [-0.3, -0.25) is 0 Å². The second kappa shape index (κ2) is 8.06. The highest BCUT2D eigenvalue weighted by molar-refractivity contribution is 5.85. The first-order valence-electron chi connectivity index (χ1n) is 13.7. The van der Waals surface area contributed by atoms with E-state index in [-0.39, 0.29) is 23.6 Å². The van der Waals surface area contributed by atoms with Gasteiger partial charge < -0.3 is 19.3 Å². The average Bonchev–Trinajstić information content (AvgIpc) is 3.35. The molecule has 2 heterocycles. The van der Waals surface area contributed by atoms with Crippen LogP contribution in [0.5, 0.6) is 0 Å². The number of carbonyl (C=O) groups excluding carboxylic acids is 1. The number of hydrogen-bond acceptors (Lipinski definition) is 5. The fraction of sp³-hybridized carbons (Fsp3) is 0.893. The van der Waals surface area contributed by atoms with Crippen LogP contribution in [0, 0.1) is 34.5 Å². The Morgan fingerprint density at radius 3 is 2.64 bits per heavy atom. The van der Waals surface area contributed by atoms with Gasteiger partial charge in [0, 0.05) is 18.1 Å². The van der Waals surface area contributed by atoms with Crippen LogP contribution < -0.4 is 0 Å². The number of carbonyl (C=O) groups is 1. The Kier molecular flexibility index (Phi) is 5.51. The van der Waals surface area contributed by atoms with E-state index in [9.17, 15) is 9.90 Å². The van der Waals surface area contributed by atoms with Crippen LogP contribution in [0.1, 0.15) is 90.9 Å². The van der Waals surface area contributed by atoms with E-state index in [4.69, 9.17) is 14.2 Å². The van der Waals surface area contributed by atoms with Gasteiger partial charge >= 0.3 is 5.97 Å². The molecule has 1 saturated heterocycles. The number of rotatable bonds is 3. The molecule has 0 aromatic heterocycles. The zero-order valence-corrected chi connectivity index (χ0v) is 20.5. The number of cyclic esters (lactones) is 1. The standard InChI is InChI=1S/C28H42O5/c1-26-11-8-20(33-25-5-3-4-14-31-25)16-19(26)6-7-23-22(26)9-12-27(2)21(10-13-28(23,27)30)18-15-24(29)32-17-18/h15,19-23,25,30H,3-14,16-17H2,1-2H3/t19-,20+,21-,22+,23-,25?,26+,27-,28+/m1/s1. The fourth-order valence-corrected chi connectivity index (χ4v) is 9.53. The van der Waals surface area contributed by atoms with Gasteiger partial charge in [0.1, 0.15) is 6.61 Å². The molecule has 0 aromatic carbocycles. The molecule has 184 valence electrons. The minimum absolute atomic E-state index is 0.0109. The van der Waals surface area contributed by atoms with Crippen molar-refractivity contribution in [3.63, 3.8) is 0 Å². The predicted molar refractivity (Wildman–Crippen MR) is 124 cm³/mol. The zero-order valence-electron chi connectivity index (χ0n) is 20.5. The molecule has 5 heteroatoms. The van der Waals surface area contributed by atoms with Crippen LogP contribution in [0.3, 0.4) is 0 Å². The first kappa shape index (κ1) is 22.5. The quantitative estimate of drug-likeness (QED) is 0.468. The van der Waals surface area contributed by atoms with Crippen molar-refractivity contribution in [1.82, 2.24) is 0 Å². The molecule has 9 atom stereocenters. The van der Waals surface area contributed by atoms with E-state index in [0.29, 0.717) is 35.9 Å². The largest absolute Gasteiger partial charge is 0.458 e. The molecule has 6 rings (SSSR count). The van der Waals surface area contributed by atoms with E-state index in [1.165, 1.54) is 25.7 Å². The summed E-state index contributed by atoms with van der Waals surface area (Å²) in [5, 5.41) is 12.3. The Balaban J connectivity index is 1.19. The summed E-state index contributed by atoms with van der Waals surface area (Å²) in [5.41, 5.74) is 0.663. The molecule has 1 N–H and O–H groups in total. The maximum Gasteiger partial charge on any atom is 0.331 e. The average molecular weight is 459 g/mol. The van der Waals surface area contributed by atoms with Crippen LogP contribution in [-0.2, 0) is 19.0 Å². The van der Waals surface area contributed by atoms with E-state index >= 15 is 0 Å². The summed E-state index contributed by atoms with van der Waals surface area (Å²) in [6, 6.07) is 0. The summed E-state index contributed by atoms with van der Waals surface area (Å²) in [4.78, 5) is 11.8. The van der Waals surface area contributed by atoms with Crippen LogP contribution >= 0.6 is 0 Å². The number of fused-ring (bicyclic) bond motifs is 5. The van der Waals surface area contributed by atoms with E-state index in [0.717, 1.165) is 63.5 Å². The Labute approximate surface area is 198 Å². The second-order valence-electron chi connectivity index (χ2n) is 12.6. The molecule has 6 aliphatic rings. The van der Waals surface area contributed by atoms with Gasteiger partial charge in [-0.05, 0) is 112 Å². The lowest BCUT2D eigenvalue weighted by molar-refractivity contribution is -0.229. The number of hydrogen-bond donors (Lipinski definition) is 1. The maximum absolute atomic E-state index is 12.3. The lowest BCUT2D eigenvalue weighted by atomic mass is 9.43. The third-order valence-electron chi connectivity index (χ3n) is 11.4. The summed E-state index contributed by atoms with van der Waals surface area (Å²) in [5.74, 6) is 1.73. The zero-order chi connectivity index (χ0) is 22.8. The lowest BCUT2D eigenvalue weighted by Gasteiger charge is -2.63. The topological polar surface area (TPSA) is 65.0 Å². The monoisotopic (exact) mass is 458 g/mol. The third-order valence-corrected chi connectivity index (χ3v) is 11.4. The highest BCUT2D eigenvalue weighted by Gasteiger charge is 2.67. The molecular weight excluding hydrogens is 416 g/mol. The van der Waals surface area contributed by atoms with Gasteiger partial charge in [-0.25, -0.2) is 4.79 Å². The Bertz CT molecular complexity index is 817. The molecule has 4 aliphatic carbocycles. The van der Waals surface area contributed by atoms with Crippen LogP contribution in [0.25, 0.3) is 0 Å². The van der Waals surface area contributed by atoms with Gasteiger partial charge in [-0.1, -0.05) is 13.8 Å². The molecule has 4 saturated carbocycles. The second-order valence-corrected chi connectivity index (χ2v) is 12.6. The SMILES string of the molecule is C[C@]12CC[C@H](OC3CCCCO3)C[C@H]1CC[C@@H]1[C@@H]2CC[C@]2(C)[C@@H](C3=CC(=O)OC3)CC[C@]12O. The van der Waals surface area contributed by atoms with Crippen molar-refractivity contribution in [2.75, 3.05) is 13.2 Å². The van der Waals surface area contributed by atoms with Gasteiger partial charge in [0.15, 0.2) is 6.29 Å². The number of ether oxygens (including phenoxy) is 3. The van der Waals surface area contributed by atoms with Gasteiger partial charge in [0.2, 0.25) is 0 Å². The van der Waals surface area contributed by atoms with Crippen molar-refractivity contribution >= 4 is 5.97 Å². The molecule has 0 radical (unpaired) electrons. The van der Waals surface area contributed by atoms with E-state index in [2.05, 4.69) is 13.8 Å². The van der Waals surface area contributed by atoms with Crippen LogP contribution in [0.4, 0.5) is 0 Å². The molecule has 0 aromatic rings. The predicted octanol–water partition coefficient (Wildman–Crippen LogP) is 5.16.